The van der Waals surface area contributed by atoms with Crippen LogP contribution in [0.4, 0.5) is 4.79 Å². The summed E-state index contributed by atoms with van der Waals surface area (Å²) >= 11 is 0. The normalized spacial score (nSPS) is 17.9. The van der Waals surface area contributed by atoms with Crippen LogP contribution in [0.15, 0.2) is 6.33 Å². The van der Waals surface area contributed by atoms with Crippen molar-refractivity contribution in [2.45, 2.75) is 39.3 Å². The fraction of sp³-hybridized carbons (Fsp3) is 0.615. The van der Waals surface area contributed by atoms with E-state index in [2.05, 4.69) is 29.1 Å². The smallest absolute Gasteiger partial charge is 0.326 e. The number of hydrogen-bond acceptors (Lipinski definition) is 3. The monoisotopic (exact) mass is 280 g/mol. The Morgan fingerprint density at radius 1 is 1.60 bits per heavy atom. The molecule has 1 aromatic heterocycles. The van der Waals surface area contributed by atoms with Crippen LogP contribution in [0.5, 0.6) is 0 Å². The number of imidazole rings is 1. The largest absolute Gasteiger partial charge is 0.480 e. The van der Waals surface area contributed by atoms with Gasteiger partial charge < -0.3 is 20.3 Å². The Labute approximate surface area is 117 Å². The molecule has 1 aliphatic rings. The number of nitrogens with one attached hydrogen (secondary N) is 2. The number of amides is 2. The lowest BCUT2D eigenvalue weighted by Crippen LogP contribution is -2.52. The minimum absolute atomic E-state index is 0.242. The fourth-order valence-electron chi connectivity index (χ4n) is 2.24. The van der Waals surface area contributed by atoms with E-state index in [0.717, 1.165) is 17.8 Å². The van der Waals surface area contributed by atoms with Crippen molar-refractivity contribution >= 4 is 12.0 Å². The third-order valence-corrected chi connectivity index (χ3v) is 3.44. The Hall–Kier alpha value is -2.05. The van der Waals surface area contributed by atoms with Gasteiger partial charge in [0.2, 0.25) is 0 Å². The van der Waals surface area contributed by atoms with Crippen LogP contribution in [-0.4, -0.2) is 44.6 Å². The van der Waals surface area contributed by atoms with Gasteiger partial charge in [0, 0.05) is 13.0 Å². The second kappa shape index (κ2) is 5.94. The van der Waals surface area contributed by atoms with Crippen LogP contribution in [0, 0.1) is 5.92 Å². The molecule has 2 amide bonds. The number of nitrogens with zero attached hydrogens (tertiary/aromatic N) is 2. The molecule has 20 heavy (non-hydrogen) atoms. The van der Waals surface area contributed by atoms with Gasteiger partial charge in [-0.2, -0.15) is 0 Å². The van der Waals surface area contributed by atoms with E-state index in [4.69, 9.17) is 0 Å². The van der Waals surface area contributed by atoms with E-state index in [1.807, 2.05) is 0 Å². The van der Waals surface area contributed by atoms with Crippen LogP contribution in [0.25, 0.3) is 0 Å². The van der Waals surface area contributed by atoms with Gasteiger partial charge in [0.15, 0.2) is 0 Å². The van der Waals surface area contributed by atoms with E-state index in [1.165, 1.54) is 11.2 Å². The lowest BCUT2D eigenvalue weighted by atomic mass is 10.0. The van der Waals surface area contributed by atoms with Gasteiger partial charge in [0.25, 0.3) is 0 Å². The number of carbonyl (C=O) groups excluding carboxylic acids is 1. The average molecular weight is 280 g/mol. The summed E-state index contributed by atoms with van der Waals surface area (Å²) in [5.74, 6) is -0.510. The number of fused-ring (bicyclic) bond motifs is 1. The summed E-state index contributed by atoms with van der Waals surface area (Å²) in [6, 6.07) is -1.19. The molecule has 1 atom stereocenters. The Morgan fingerprint density at radius 2 is 2.35 bits per heavy atom. The first kappa shape index (κ1) is 14.4. The second-order valence-electron chi connectivity index (χ2n) is 5.43. The van der Waals surface area contributed by atoms with E-state index < -0.39 is 12.0 Å². The summed E-state index contributed by atoms with van der Waals surface area (Å²) in [6.07, 6.45) is 2.64. The quantitative estimate of drug-likeness (QED) is 0.765. The number of aromatic amines is 1. The van der Waals surface area contributed by atoms with Gasteiger partial charge in [-0.15, -0.1) is 0 Å². The third kappa shape index (κ3) is 3.09. The molecule has 1 aromatic rings. The fourth-order valence-corrected chi connectivity index (χ4v) is 2.24. The Balaban J connectivity index is 2.04. The molecule has 0 spiro atoms. The van der Waals surface area contributed by atoms with E-state index in [1.54, 1.807) is 0 Å². The van der Waals surface area contributed by atoms with Crippen LogP contribution in [0.1, 0.15) is 31.7 Å². The highest BCUT2D eigenvalue weighted by molar-refractivity contribution is 5.83. The lowest BCUT2D eigenvalue weighted by Gasteiger charge is -2.32. The molecule has 0 aliphatic carbocycles. The number of carbonyl (C=O) groups is 2. The minimum Gasteiger partial charge on any atom is -0.480 e. The van der Waals surface area contributed by atoms with Crippen LogP contribution in [-0.2, 0) is 17.8 Å². The molecule has 3 N–H and O–H groups in total. The van der Waals surface area contributed by atoms with Crippen molar-refractivity contribution in [2.75, 3.05) is 6.54 Å². The maximum atomic E-state index is 12.1. The maximum Gasteiger partial charge on any atom is 0.326 e. The van der Waals surface area contributed by atoms with E-state index in [-0.39, 0.29) is 19.0 Å². The number of urea groups is 1. The van der Waals surface area contributed by atoms with Crippen molar-refractivity contribution in [1.82, 2.24) is 20.2 Å². The second-order valence-corrected chi connectivity index (χ2v) is 5.43. The highest BCUT2D eigenvalue weighted by Crippen LogP contribution is 2.20. The Kier molecular flexibility index (Phi) is 4.26. The molecule has 2 rings (SSSR count). The van der Waals surface area contributed by atoms with Gasteiger partial charge in [-0.3, -0.25) is 0 Å². The zero-order valence-electron chi connectivity index (χ0n) is 11.7. The Morgan fingerprint density at radius 3 is 3.00 bits per heavy atom. The minimum atomic E-state index is -1.00. The summed E-state index contributed by atoms with van der Waals surface area (Å²) in [5, 5.41) is 12.1. The first-order valence-electron chi connectivity index (χ1n) is 6.77. The molecule has 0 saturated heterocycles. The molecule has 1 aliphatic heterocycles. The van der Waals surface area contributed by atoms with Gasteiger partial charge in [-0.25, -0.2) is 14.6 Å². The van der Waals surface area contributed by atoms with Gasteiger partial charge >= 0.3 is 12.0 Å². The average Bonchev–Trinajstić information content (AvgIpc) is 2.83. The van der Waals surface area contributed by atoms with Crippen LogP contribution >= 0.6 is 0 Å². The number of hydrogen-bond donors (Lipinski definition) is 3. The highest BCUT2D eigenvalue weighted by atomic mass is 16.4. The summed E-state index contributed by atoms with van der Waals surface area (Å²) < 4.78 is 0. The van der Waals surface area contributed by atoms with E-state index in [0.29, 0.717) is 12.5 Å². The third-order valence-electron chi connectivity index (χ3n) is 3.44. The van der Waals surface area contributed by atoms with Crippen molar-refractivity contribution in [3.63, 3.8) is 0 Å². The topological polar surface area (TPSA) is 98.3 Å². The molecule has 0 saturated carbocycles. The predicted octanol–water partition coefficient (Wildman–Crippen LogP) is 0.977. The van der Waals surface area contributed by atoms with E-state index >= 15 is 0 Å². The zero-order valence-corrected chi connectivity index (χ0v) is 11.7. The number of rotatable bonds is 4. The molecule has 0 radical (unpaired) electrons. The SMILES string of the molecule is CC(C)CCNC(=O)N1Cc2[nH]cnc2CC1C(=O)O. The van der Waals surface area contributed by atoms with Gasteiger partial charge in [-0.05, 0) is 12.3 Å². The molecule has 110 valence electrons. The number of aromatic nitrogens is 2. The predicted molar refractivity (Wildman–Crippen MR) is 72.1 cm³/mol. The molecule has 2 heterocycles. The van der Waals surface area contributed by atoms with E-state index in [9.17, 15) is 14.7 Å². The number of carboxylic acids is 1. The Bertz CT molecular complexity index is 498. The summed E-state index contributed by atoms with van der Waals surface area (Å²) in [7, 11) is 0. The van der Waals surface area contributed by atoms with Crippen LogP contribution < -0.4 is 5.32 Å². The summed E-state index contributed by atoms with van der Waals surface area (Å²) in [5.41, 5.74) is 1.53. The molecule has 1 unspecified atom stereocenters. The summed E-state index contributed by atoms with van der Waals surface area (Å²) in [4.78, 5) is 31.9. The van der Waals surface area contributed by atoms with Crippen molar-refractivity contribution in [3.05, 3.63) is 17.7 Å². The lowest BCUT2D eigenvalue weighted by molar-refractivity contribution is -0.142. The standard InChI is InChI=1S/C13H20N4O3/c1-8(2)3-4-14-13(20)17-6-10-9(15-7-16-10)5-11(17)12(18)19/h7-8,11H,3-6H2,1-2H3,(H,14,20)(H,15,16)(H,18,19). The molecule has 0 aromatic carbocycles. The number of carboxylic acid groups (broad SMARTS) is 1. The first-order valence-corrected chi connectivity index (χ1v) is 6.77. The van der Waals surface area contributed by atoms with Crippen molar-refractivity contribution in [1.29, 1.82) is 0 Å². The van der Waals surface area contributed by atoms with Crippen LogP contribution in [0.2, 0.25) is 0 Å². The molecular weight excluding hydrogens is 260 g/mol. The maximum absolute atomic E-state index is 12.1. The van der Waals surface area contributed by atoms with Gasteiger partial charge in [-0.1, -0.05) is 13.8 Å². The highest BCUT2D eigenvalue weighted by Gasteiger charge is 2.35. The molecule has 0 fully saturated rings. The number of aliphatic carboxylic acids is 1. The molecule has 7 heteroatoms. The summed E-state index contributed by atoms with van der Waals surface area (Å²) in [6.45, 7) is 4.95. The van der Waals surface area contributed by atoms with Gasteiger partial charge in [0.05, 0.1) is 24.3 Å². The van der Waals surface area contributed by atoms with Crippen LogP contribution in [0.3, 0.4) is 0 Å². The van der Waals surface area contributed by atoms with Crippen molar-refractivity contribution in [3.8, 4) is 0 Å². The molecular formula is C13H20N4O3. The zero-order chi connectivity index (χ0) is 14.7. The molecule has 0 bridgehead atoms. The first-order chi connectivity index (χ1) is 9.49. The number of H-pyrrole nitrogens is 1. The molecule has 7 nitrogen and oxygen atoms in total. The van der Waals surface area contributed by atoms with Gasteiger partial charge in [0.1, 0.15) is 6.04 Å². The van der Waals surface area contributed by atoms with Crippen molar-refractivity contribution < 1.29 is 14.7 Å². The van der Waals surface area contributed by atoms with Crippen molar-refractivity contribution in [2.24, 2.45) is 5.92 Å².